The molecule has 3 N–H and O–H groups in total. The second kappa shape index (κ2) is 6.12. The van der Waals surface area contributed by atoms with E-state index in [0.717, 1.165) is 0 Å². The highest BCUT2D eigenvalue weighted by Crippen LogP contribution is 2.22. The highest BCUT2D eigenvalue weighted by Gasteiger charge is 2.09. The third-order valence-corrected chi connectivity index (χ3v) is 2.76. The van der Waals surface area contributed by atoms with Gasteiger partial charge in [0, 0.05) is 17.3 Å². The molecule has 104 valence electrons. The van der Waals surface area contributed by atoms with Gasteiger partial charge in [0.05, 0.1) is 24.2 Å². The number of hydrogen-bond acceptors (Lipinski definition) is 5. The topological polar surface area (TPSA) is 77.7 Å². The summed E-state index contributed by atoms with van der Waals surface area (Å²) in [5, 5.41) is 23.1. The maximum Gasteiger partial charge on any atom is 0.145 e. The average Bonchev–Trinajstić information content (AvgIpc) is 2.46. The second-order valence-electron chi connectivity index (χ2n) is 4.17. The molecule has 0 spiro atoms. The van der Waals surface area contributed by atoms with E-state index in [1.165, 1.54) is 36.7 Å². The number of rotatable bonds is 4. The Balaban J connectivity index is 2.19. The largest absolute Gasteiger partial charge is 0.505 e. The molecule has 0 saturated heterocycles. The van der Waals surface area contributed by atoms with Crippen LogP contribution in [0.15, 0.2) is 35.6 Å². The van der Waals surface area contributed by atoms with Crippen LogP contribution in [0.2, 0.25) is 0 Å². The van der Waals surface area contributed by atoms with Gasteiger partial charge in [0.1, 0.15) is 11.6 Å². The molecule has 0 saturated carbocycles. The number of anilines is 1. The molecule has 0 atom stereocenters. The van der Waals surface area contributed by atoms with E-state index in [1.54, 1.807) is 6.92 Å². The lowest BCUT2D eigenvalue weighted by Crippen LogP contribution is -1.99. The molecular weight excluding hydrogens is 261 g/mol. The van der Waals surface area contributed by atoms with E-state index in [-0.39, 0.29) is 18.2 Å². The Morgan fingerprint density at radius 3 is 2.70 bits per heavy atom. The van der Waals surface area contributed by atoms with Gasteiger partial charge in [0.25, 0.3) is 0 Å². The summed E-state index contributed by atoms with van der Waals surface area (Å²) in [4.78, 5) is 3.95. The first-order valence-electron chi connectivity index (χ1n) is 5.94. The zero-order valence-corrected chi connectivity index (χ0v) is 10.8. The lowest BCUT2D eigenvalue weighted by Gasteiger charge is -2.07. The van der Waals surface area contributed by atoms with E-state index in [4.69, 9.17) is 0 Å². The minimum absolute atomic E-state index is 0.0267. The number of hydrazone groups is 1. The molecule has 0 unspecified atom stereocenters. The van der Waals surface area contributed by atoms with Crippen molar-refractivity contribution in [3.8, 4) is 5.75 Å². The summed E-state index contributed by atoms with van der Waals surface area (Å²) in [6.45, 7) is 1.40. The van der Waals surface area contributed by atoms with Crippen molar-refractivity contribution in [1.29, 1.82) is 0 Å². The van der Waals surface area contributed by atoms with Gasteiger partial charge in [0.15, 0.2) is 0 Å². The second-order valence-corrected chi connectivity index (χ2v) is 4.17. The first kappa shape index (κ1) is 14.0. The normalized spacial score (nSPS) is 10.9. The number of nitrogens with one attached hydrogen (secondary N) is 1. The minimum atomic E-state index is -0.329. The molecule has 2 rings (SSSR count). The van der Waals surface area contributed by atoms with E-state index in [0.29, 0.717) is 22.5 Å². The predicted molar refractivity (Wildman–Crippen MR) is 74.2 cm³/mol. The van der Waals surface area contributed by atoms with Crippen LogP contribution in [0.1, 0.15) is 16.8 Å². The summed E-state index contributed by atoms with van der Waals surface area (Å²) < 4.78 is 12.7. The monoisotopic (exact) mass is 275 g/mol. The number of halogens is 1. The zero-order valence-electron chi connectivity index (χ0n) is 10.8. The smallest absolute Gasteiger partial charge is 0.145 e. The first-order valence-corrected chi connectivity index (χ1v) is 5.94. The first-order chi connectivity index (χ1) is 9.61. The van der Waals surface area contributed by atoms with Crippen molar-refractivity contribution in [3.05, 3.63) is 53.1 Å². The summed E-state index contributed by atoms with van der Waals surface area (Å²) in [7, 11) is 0. The number of aliphatic hydroxyl groups is 1. The Labute approximate surface area is 115 Å². The third-order valence-electron chi connectivity index (χ3n) is 2.76. The summed E-state index contributed by atoms with van der Waals surface area (Å²) in [6.07, 6.45) is 2.87. The van der Waals surface area contributed by atoms with Gasteiger partial charge in [-0.2, -0.15) is 5.10 Å². The number of nitrogens with zero attached hydrogens (tertiary/aromatic N) is 2. The Kier molecular flexibility index (Phi) is 4.27. The Hall–Kier alpha value is -2.47. The fraction of sp³-hybridized carbons (Fsp3) is 0.143. The SMILES string of the molecule is Cc1ncc(CO)c(/C=N/Nc2ccc(F)cc2)c1O. The highest BCUT2D eigenvalue weighted by atomic mass is 19.1. The van der Waals surface area contributed by atoms with Crippen LogP contribution < -0.4 is 5.43 Å². The Morgan fingerprint density at radius 1 is 1.35 bits per heavy atom. The van der Waals surface area contributed by atoms with E-state index in [1.807, 2.05) is 0 Å². The molecule has 1 aromatic carbocycles. The van der Waals surface area contributed by atoms with Crippen molar-refractivity contribution >= 4 is 11.9 Å². The standard InChI is InChI=1S/C14H14FN3O2/c1-9-14(20)13(10(8-19)6-16-9)7-17-18-12-4-2-11(15)3-5-12/h2-7,18-20H,8H2,1H3/b17-7+. The van der Waals surface area contributed by atoms with Crippen LogP contribution in [0.25, 0.3) is 0 Å². The van der Waals surface area contributed by atoms with Crippen LogP contribution in [0.4, 0.5) is 10.1 Å². The van der Waals surface area contributed by atoms with E-state index < -0.39 is 0 Å². The summed E-state index contributed by atoms with van der Waals surface area (Å²) >= 11 is 0. The van der Waals surface area contributed by atoms with Crippen molar-refractivity contribution in [2.75, 3.05) is 5.43 Å². The number of hydrogen-bond donors (Lipinski definition) is 3. The zero-order chi connectivity index (χ0) is 14.5. The van der Waals surface area contributed by atoms with Gasteiger partial charge >= 0.3 is 0 Å². The van der Waals surface area contributed by atoms with Gasteiger partial charge in [-0.15, -0.1) is 0 Å². The molecule has 0 aliphatic rings. The summed E-state index contributed by atoms with van der Waals surface area (Å²) in [5.74, 6) is -0.356. The lowest BCUT2D eigenvalue weighted by molar-refractivity contribution is 0.280. The molecule has 20 heavy (non-hydrogen) atoms. The van der Waals surface area contributed by atoms with Gasteiger partial charge in [0.2, 0.25) is 0 Å². The van der Waals surface area contributed by atoms with Crippen LogP contribution in [-0.2, 0) is 6.61 Å². The number of aromatic nitrogens is 1. The molecule has 0 aliphatic heterocycles. The molecule has 0 radical (unpaired) electrons. The number of benzene rings is 1. The number of pyridine rings is 1. The predicted octanol–water partition coefficient (Wildman–Crippen LogP) is 2.17. The van der Waals surface area contributed by atoms with Crippen molar-refractivity contribution in [1.82, 2.24) is 4.98 Å². The van der Waals surface area contributed by atoms with Crippen LogP contribution in [0.3, 0.4) is 0 Å². The Bertz CT molecular complexity index is 627. The fourth-order valence-corrected chi connectivity index (χ4v) is 1.62. The van der Waals surface area contributed by atoms with Crippen molar-refractivity contribution in [3.63, 3.8) is 0 Å². The summed E-state index contributed by atoms with van der Waals surface area (Å²) in [6, 6.07) is 5.70. The molecule has 0 aliphatic carbocycles. The number of aryl methyl sites for hydroxylation is 1. The molecule has 1 heterocycles. The third kappa shape index (κ3) is 3.10. The van der Waals surface area contributed by atoms with Crippen molar-refractivity contribution in [2.45, 2.75) is 13.5 Å². The molecule has 6 heteroatoms. The molecule has 0 bridgehead atoms. The van der Waals surface area contributed by atoms with Gasteiger partial charge in [-0.1, -0.05) is 0 Å². The quantitative estimate of drug-likeness (QED) is 0.590. The van der Waals surface area contributed by atoms with E-state index >= 15 is 0 Å². The minimum Gasteiger partial charge on any atom is -0.505 e. The van der Waals surface area contributed by atoms with Crippen LogP contribution in [0.5, 0.6) is 5.75 Å². The molecule has 2 aromatic rings. The van der Waals surface area contributed by atoms with Gasteiger partial charge in [-0.25, -0.2) is 4.39 Å². The molecule has 0 amide bonds. The maximum atomic E-state index is 12.7. The van der Waals surface area contributed by atoms with Crippen LogP contribution in [-0.4, -0.2) is 21.4 Å². The molecule has 5 nitrogen and oxygen atoms in total. The van der Waals surface area contributed by atoms with Gasteiger partial charge in [-0.05, 0) is 31.2 Å². The molecule has 1 aromatic heterocycles. The average molecular weight is 275 g/mol. The van der Waals surface area contributed by atoms with E-state index in [2.05, 4.69) is 15.5 Å². The van der Waals surface area contributed by atoms with Gasteiger partial charge in [-0.3, -0.25) is 10.4 Å². The fourth-order valence-electron chi connectivity index (χ4n) is 1.62. The van der Waals surface area contributed by atoms with Crippen LogP contribution >= 0.6 is 0 Å². The van der Waals surface area contributed by atoms with Crippen molar-refractivity contribution < 1.29 is 14.6 Å². The maximum absolute atomic E-state index is 12.7. The molecular formula is C14H14FN3O2. The Morgan fingerprint density at radius 2 is 2.05 bits per heavy atom. The van der Waals surface area contributed by atoms with Crippen molar-refractivity contribution in [2.24, 2.45) is 5.10 Å². The molecule has 0 fully saturated rings. The summed E-state index contributed by atoms with van der Waals surface area (Å²) in [5.41, 5.74) is 4.64. The number of aliphatic hydroxyl groups excluding tert-OH is 1. The van der Waals surface area contributed by atoms with Crippen LogP contribution in [0, 0.1) is 12.7 Å². The lowest BCUT2D eigenvalue weighted by atomic mass is 10.1. The number of aromatic hydroxyl groups is 1. The highest BCUT2D eigenvalue weighted by molar-refractivity contribution is 5.86. The van der Waals surface area contributed by atoms with Gasteiger partial charge < -0.3 is 10.2 Å². The van der Waals surface area contributed by atoms with E-state index in [9.17, 15) is 14.6 Å².